The highest BCUT2D eigenvalue weighted by molar-refractivity contribution is 5.92. The number of hydrogen-bond donors (Lipinski definition) is 2. The van der Waals surface area contributed by atoms with Crippen LogP contribution in [0.4, 0.5) is 0 Å². The molecular formula is C20H25N3O2. The Hall–Kier alpha value is -2.27. The Morgan fingerprint density at radius 3 is 2.60 bits per heavy atom. The number of carbonyl (C=O) groups is 1. The quantitative estimate of drug-likeness (QED) is 0.848. The summed E-state index contributed by atoms with van der Waals surface area (Å²) in [5, 5.41) is 12.8. The van der Waals surface area contributed by atoms with E-state index in [1.807, 2.05) is 32.0 Å². The van der Waals surface area contributed by atoms with Crippen molar-refractivity contribution in [1.82, 2.24) is 15.3 Å². The number of hydrogen-bond acceptors (Lipinski definition) is 4. The number of nitrogens with zero attached hydrogens (tertiary/aromatic N) is 2. The fourth-order valence-electron chi connectivity index (χ4n) is 3.18. The van der Waals surface area contributed by atoms with Gasteiger partial charge in [-0.2, -0.15) is 0 Å². The number of carbonyl (C=O) groups excluding carboxylic acids is 1. The van der Waals surface area contributed by atoms with Gasteiger partial charge in [0.15, 0.2) is 0 Å². The van der Waals surface area contributed by atoms with Crippen LogP contribution in [0.2, 0.25) is 0 Å². The summed E-state index contributed by atoms with van der Waals surface area (Å²) in [5.74, 6) is 0.971. The SMILES string of the molecule is CC(C)c1nccc(C(=O)N[C@@H](Cc2ccccc2)C2CC(O)C2)n1. The van der Waals surface area contributed by atoms with Crippen LogP contribution in [0.5, 0.6) is 0 Å². The summed E-state index contributed by atoms with van der Waals surface area (Å²) < 4.78 is 0. The Balaban J connectivity index is 1.73. The van der Waals surface area contributed by atoms with Gasteiger partial charge < -0.3 is 10.4 Å². The minimum atomic E-state index is -0.244. The van der Waals surface area contributed by atoms with E-state index >= 15 is 0 Å². The van der Waals surface area contributed by atoms with Gasteiger partial charge in [-0.1, -0.05) is 44.2 Å². The van der Waals surface area contributed by atoms with Crippen LogP contribution in [-0.4, -0.2) is 33.1 Å². The maximum atomic E-state index is 12.7. The molecule has 1 aromatic heterocycles. The van der Waals surface area contributed by atoms with Crippen molar-refractivity contribution >= 4 is 5.91 Å². The second-order valence-corrected chi connectivity index (χ2v) is 7.11. The Morgan fingerprint density at radius 1 is 1.24 bits per heavy atom. The van der Waals surface area contributed by atoms with Gasteiger partial charge in [0.05, 0.1) is 6.10 Å². The van der Waals surface area contributed by atoms with Crippen LogP contribution in [0.3, 0.4) is 0 Å². The molecule has 5 heteroatoms. The van der Waals surface area contributed by atoms with Gasteiger partial charge >= 0.3 is 0 Å². The third kappa shape index (κ3) is 4.42. The number of aromatic nitrogens is 2. The van der Waals surface area contributed by atoms with Crippen molar-refractivity contribution in [2.24, 2.45) is 5.92 Å². The molecule has 1 aliphatic carbocycles. The summed E-state index contributed by atoms with van der Waals surface area (Å²) >= 11 is 0. The fourth-order valence-corrected chi connectivity index (χ4v) is 3.18. The number of benzene rings is 1. The van der Waals surface area contributed by atoms with Crippen LogP contribution in [-0.2, 0) is 6.42 Å². The van der Waals surface area contributed by atoms with Crippen molar-refractivity contribution in [3.8, 4) is 0 Å². The molecule has 0 bridgehead atoms. The van der Waals surface area contributed by atoms with Crippen molar-refractivity contribution in [3.63, 3.8) is 0 Å². The molecule has 25 heavy (non-hydrogen) atoms. The van der Waals surface area contributed by atoms with E-state index in [0.717, 1.165) is 19.3 Å². The van der Waals surface area contributed by atoms with Gasteiger partial charge in [-0.3, -0.25) is 4.79 Å². The zero-order valence-corrected chi connectivity index (χ0v) is 14.7. The monoisotopic (exact) mass is 339 g/mol. The van der Waals surface area contributed by atoms with Gasteiger partial charge in [0, 0.05) is 18.2 Å². The van der Waals surface area contributed by atoms with E-state index in [0.29, 0.717) is 17.4 Å². The molecule has 3 rings (SSSR count). The predicted molar refractivity (Wildman–Crippen MR) is 96.3 cm³/mol. The molecule has 1 fully saturated rings. The van der Waals surface area contributed by atoms with Crippen LogP contribution in [0, 0.1) is 5.92 Å². The zero-order chi connectivity index (χ0) is 17.8. The summed E-state index contributed by atoms with van der Waals surface area (Å²) in [7, 11) is 0. The van der Waals surface area contributed by atoms with Crippen molar-refractivity contribution in [2.45, 2.75) is 51.2 Å². The average Bonchev–Trinajstić information content (AvgIpc) is 2.59. The summed E-state index contributed by atoms with van der Waals surface area (Å²) in [6.45, 7) is 4.01. The van der Waals surface area contributed by atoms with E-state index in [2.05, 4.69) is 27.4 Å². The minimum Gasteiger partial charge on any atom is -0.393 e. The Kier molecular flexibility index (Phi) is 5.43. The molecule has 132 valence electrons. The number of nitrogens with one attached hydrogen (secondary N) is 1. The van der Waals surface area contributed by atoms with E-state index in [1.165, 1.54) is 5.56 Å². The first-order chi connectivity index (χ1) is 12.0. The van der Waals surface area contributed by atoms with E-state index in [4.69, 9.17) is 0 Å². The molecule has 1 aromatic carbocycles. The second-order valence-electron chi connectivity index (χ2n) is 7.11. The first kappa shape index (κ1) is 17.5. The van der Waals surface area contributed by atoms with Crippen molar-refractivity contribution in [1.29, 1.82) is 0 Å². The molecule has 0 saturated heterocycles. The lowest BCUT2D eigenvalue weighted by Gasteiger charge is -2.38. The molecule has 5 nitrogen and oxygen atoms in total. The van der Waals surface area contributed by atoms with Crippen LogP contribution >= 0.6 is 0 Å². The Morgan fingerprint density at radius 2 is 1.96 bits per heavy atom. The van der Waals surface area contributed by atoms with Crippen LogP contribution in [0.1, 0.15) is 54.5 Å². The average molecular weight is 339 g/mol. The smallest absolute Gasteiger partial charge is 0.270 e. The third-order valence-corrected chi connectivity index (χ3v) is 4.76. The molecule has 1 atom stereocenters. The summed E-state index contributed by atoms with van der Waals surface area (Å²) in [6.07, 6.45) is 3.62. The maximum absolute atomic E-state index is 12.7. The van der Waals surface area contributed by atoms with Crippen LogP contribution < -0.4 is 5.32 Å². The number of rotatable bonds is 6. The van der Waals surface area contributed by atoms with Crippen molar-refractivity contribution < 1.29 is 9.90 Å². The second kappa shape index (κ2) is 7.74. The van der Waals surface area contributed by atoms with Gasteiger partial charge in [-0.25, -0.2) is 9.97 Å². The Bertz CT molecular complexity index is 712. The van der Waals surface area contributed by atoms with E-state index in [-0.39, 0.29) is 24.0 Å². The molecular weight excluding hydrogens is 314 g/mol. The molecule has 2 N–H and O–H groups in total. The summed E-state index contributed by atoms with van der Waals surface area (Å²) in [6, 6.07) is 11.8. The predicted octanol–water partition coefficient (Wildman–Crippen LogP) is 2.71. The van der Waals surface area contributed by atoms with Gasteiger partial charge in [0.1, 0.15) is 11.5 Å². The summed E-state index contributed by atoms with van der Waals surface area (Å²) in [4.78, 5) is 21.3. The molecule has 0 aliphatic heterocycles. The fraction of sp³-hybridized carbons (Fsp3) is 0.450. The van der Waals surface area contributed by atoms with Gasteiger partial charge in [-0.15, -0.1) is 0 Å². The number of amides is 1. The lowest BCUT2D eigenvalue weighted by Crippen LogP contribution is -2.48. The standard InChI is InChI=1S/C20H25N3O2/c1-13(2)19-21-9-8-17(22-19)20(25)23-18(15-11-16(24)12-15)10-14-6-4-3-5-7-14/h3-9,13,15-16,18,24H,10-12H2,1-2H3,(H,23,25)/t15?,16?,18-/m0/s1. The zero-order valence-electron chi connectivity index (χ0n) is 14.7. The van der Waals surface area contributed by atoms with E-state index < -0.39 is 0 Å². The lowest BCUT2D eigenvalue weighted by molar-refractivity contribution is 0.0238. The third-order valence-electron chi connectivity index (χ3n) is 4.76. The number of aliphatic hydroxyl groups is 1. The van der Waals surface area contributed by atoms with Crippen molar-refractivity contribution in [2.75, 3.05) is 0 Å². The first-order valence-corrected chi connectivity index (χ1v) is 8.88. The van der Waals surface area contributed by atoms with Crippen molar-refractivity contribution in [3.05, 3.63) is 59.7 Å². The highest BCUT2D eigenvalue weighted by atomic mass is 16.3. The molecule has 0 unspecified atom stereocenters. The molecule has 1 saturated carbocycles. The molecule has 1 heterocycles. The van der Waals surface area contributed by atoms with Crippen LogP contribution in [0.25, 0.3) is 0 Å². The highest BCUT2D eigenvalue weighted by Crippen LogP contribution is 2.31. The summed E-state index contributed by atoms with van der Waals surface area (Å²) in [5.41, 5.74) is 1.58. The highest BCUT2D eigenvalue weighted by Gasteiger charge is 2.35. The maximum Gasteiger partial charge on any atom is 0.270 e. The van der Waals surface area contributed by atoms with E-state index in [1.54, 1.807) is 12.3 Å². The minimum absolute atomic E-state index is 0.00392. The lowest BCUT2D eigenvalue weighted by atomic mass is 9.75. The number of aliphatic hydroxyl groups excluding tert-OH is 1. The van der Waals surface area contributed by atoms with Gasteiger partial charge in [0.2, 0.25) is 0 Å². The Labute approximate surface area is 148 Å². The van der Waals surface area contributed by atoms with Gasteiger partial charge in [-0.05, 0) is 36.8 Å². The normalized spacial score (nSPS) is 20.8. The molecule has 1 amide bonds. The first-order valence-electron chi connectivity index (χ1n) is 8.88. The molecule has 0 spiro atoms. The molecule has 2 aromatic rings. The molecule has 1 aliphatic rings. The largest absolute Gasteiger partial charge is 0.393 e. The molecule has 0 radical (unpaired) electrons. The topological polar surface area (TPSA) is 75.1 Å². The van der Waals surface area contributed by atoms with Crippen LogP contribution in [0.15, 0.2) is 42.6 Å². The van der Waals surface area contributed by atoms with E-state index in [9.17, 15) is 9.90 Å². The van der Waals surface area contributed by atoms with Gasteiger partial charge in [0.25, 0.3) is 5.91 Å².